The molecule has 4 heteroatoms. The van der Waals surface area contributed by atoms with Crippen LogP contribution in [0.1, 0.15) is 32.8 Å². The van der Waals surface area contributed by atoms with E-state index in [0.29, 0.717) is 12.5 Å². The summed E-state index contributed by atoms with van der Waals surface area (Å²) in [6.45, 7) is 9.16. The van der Waals surface area contributed by atoms with Gasteiger partial charge in [0.1, 0.15) is 0 Å². The average Bonchev–Trinajstić information content (AvgIpc) is 2.37. The zero-order valence-corrected chi connectivity index (χ0v) is 12.9. The van der Waals surface area contributed by atoms with Crippen molar-refractivity contribution in [1.82, 2.24) is 10.2 Å². The van der Waals surface area contributed by atoms with Crippen molar-refractivity contribution in [2.45, 2.75) is 33.7 Å². The fraction of sp³-hybridized carbons (Fsp3) is 0.562. The molecule has 0 fully saturated rings. The minimum Gasteiger partial charge on any atom is -0.399 e. The zero-order valence-electron chi connectivity index (χ0n) is 12.9. The van der Waals surface area contributed by atoms with Crippen molar-refractivity contribution in [3.8, 4) is 0 Å². The van der Waals surface area contributed by atoms with Crippen LogP contribution in [-0.4, -0.2) is 30.4 Å². The van der Waals surface area contributed by atoms with Gasteiger partial charge < -0.3 is 11.1 Å². The molecule has 4 nitrogen and oxygen atoms in total. The number of nitrogens with zero attached hydrogens (tertiary/aromatic N) is 1. The van der Waals surface area contributed by atoms with Gasteiger partial charge in [-0.15, -0.1) is 0 Å². The predicted molar refractivity (Wildman–Crippen MR) is 84.3 cm³/mol. The highest BCUT2D eigenvalue weighted by Gasteiger charge is 2.09. The van der Waals surface area contributed by atoms with Crippen molar-refractivity contribution in [1.29, 1.82) is 0 Å². The molecule has 1 rings (SSSR count). The highest BCUT2D eigenvalue weighted by molar-refractivity contribution is 5.77. The van der Waals surface area contributed by atoms with Gasteiger partial charge >= 0.3 is 0 Å². The molecule has 1 aromatic rings. The molecule has 1 amide bonds. The standard InChI is InChI=1S/C16H27N3O/c1-4-19(11-14-6-5-7-15(17)10-14)12-16(20)18-9-8-13(2)3/h5-7,10,13H,4,8-9,11-12,17H2,1-3H3,(H,18,20). The Kier molecular flexibility index (Phi) is 7.09. The Morgan fingerprint density at radius 2 is 2.15 bits per heavy atom. The highest BCUT2D eigenvalue weighted by atomic mass is 16.2. The summed E-state index contributed by atoms with van der Waals surface area (Å²) < 4.78 is 0. The van der Waals surface area contributed by atoms with Crippen LogP contribution >= 0.6 is 0 Å². The maximum absolute atomic E-state index is 11.9. The SMILES string of the molecule is CCN(CC(=O)NCCC(C)C)Cc1cccc(N)c1. The summed E-state index contributed by atoms with van der Waals surface area (Å²) in [5, 5.41) is 2.97. The maximum atomic E-state index is 11.9. The van der Waals surface area contributed by atoms with Crippen molar-refractivity contribution < 1.29 is 4.79 Å². The third-order valence-corrected chi connectivity index (χ3v) is 3.22. The number of carbonyl (C=O) groups is 1. The summed E-state index contributed by atoms with van der Waals surface area (Å²) in [7, 11) is 0. The predicted octanol–water partition coefficient (Wildman–Crippen LogP) is 2.25. The molecule has 0 aliphatic heterocycles. The van der Waals surface area contributed by atoms with Gasteiger partial charge in [-0.1, -0.05) is 32.9 Å². The Morgan fingerprint density at radius 3 is 2.75 bits per heavy atom. The van der Waals surface area contributed by atoms with Crippen LogP contribution in [0.25, 0.3) is 0 Å². The molecule has 20 heavy (non-hydrogen) atoms. The van der Waals surface area contributed by atoms with Crippen LogP contribution in [0, 0.1) is 5.92 Å². The van der Waals surface area contributed by atoms with E-state index in [-0.39, 0.29) is 5.91 Å². The lowest BCUT2D eigenvalue weighted by Crippen LogP contribution is -2.37. The van der Waals surface area contributed by atoms with Crippen molar-refractivity contribution in [2.75, 3.05) is 25.4 Å². The Balaban J connectivity index is 2.40. The van der Waals surface area contributed by atoms with E-state index in [4.69, 9.17) is 5.73 Å². The van der Waals surface area contributed by atoms with Crippen molar-refractivity contribution in [2.24, 2.45) is 5.92 Å². The van der Waals surface area contributed by atoms with E-state index in [0.717, 1.165) is 37.3 Å². The molecule has 3 N–H and O–H groups in total. The van der Waals surface area contributed by atoms with E-state index < -0.39 is 0 Å². The van der Waals surface area contributed by atoms with E-state index in [1.807, 2.05) is 24.3 Å². The molecule has 112 valence electrons. The fourth-order valence-corrected chi connectivity index (χ4v) is 1.99. The molecule has 0 heterocycles. The molecule has 0 bridgehead atoms. The van der Waals surface area contributed by atoms with E-state index >= 15 is 0 Å². The number of rotatable bonds is 8. The van der Waals surface area contributed by atoms with Crippen LogP contribution in [0.5, 0.6) is 0 Å². The smallest absolute Gasteiger partial charge is 0.234 e. The van der Waals surface area contributed by atoms with Gasteiger partial charge in [0.25, 0.3) is 0 Å². The van der Waals surface area contributed by atoms with Gasteiger partial charge in [0.05, 0.1) is 6.54 Å². The number of likely N-dealkylation sites (N-methyl/N-ethyl adjacent to an activating group) is 1. The number of hydrogen-bond donors (Lipinski definition) is 2. The molecule has 0 aliphatic rings. The van der Waals surface area contributed by atoms with Crippen molar-refractivity contribution in [3.63, 3.8) is 0 Å². The maximum Gasteiger partial charge on any atom is 0.234 e. The molecule has 1 aromatic carbocycles. The Hall–Kier alpha value is -1.55. The van der Waals surface area contributed by atoms with Crippen LogP contribution < -0.4 is 11.1 Å². The van der Waals surface area contributed by atoms with Crippen LogP contribution in [0.3, 0.4) is 0 Å². The van der Waals surface area contributed by atoms with Crippen LogP contribution in [0.15, 0.2) is 24.3 Å². The van der Waals surface area contributed by atoms with Gasteiger partial charge in [-0.25, -0.2) is 0 Å². The second-order valence-corrected chi connectivity index (χ2v) is 5.58. The number of amides is 1. The van der Waals surface area contributed by atoms with E-state index in [1.165, 1.54) is 0 Å². The number of nitrogen functional groups attached to an aromatic ring is 1. The summed E-state index contributed by atoms with van der Waals surface area (Å²) in [5.41, 5.74) is 7.68. The minimum absolute atomic E-state index is 0.0939. The van der Waals surface area contributed by atoms with Crippen molar-refractivity contribution in [3.05, 3.63) is 29.8 Å². The van der Waals surface area contributed by atoms with E-state index in [9.17, 15) is 4.79 Å². The number of anilines is 1. The molecule has 0 saturated carbocycles. The number of nitrogens with two attached hydrogens (primary N) is 1. The number of nitrogens with one attached hydrogen (secondary N) is 1. The number of hydrogen-bond acceptors (Lipinski definition) is 3. The molecular weight excluding hydrogens is 250 g/mol. The first-order valence-corrected chi connectivity index (χ1v) is 7.34. The lowest BCUT2D eigenvalue weighted by Gasteiger charge is -2.20. The van der Waals surface area contributed by atoms with Gasteiger partial charge in [0.15, 0.2) is 0 Å². The Morgan fingerprint density at radius 1 is 1.40 bits per heavy atom. The van der Waals surface area contributed by atoms with E-state index in [2.05, 4.69) is 31.0 Å². The largest absolute Gasteiger partial charge is 0.399 e. The lowest BCUT2D eigenvalue weighted by atomic mass is 10.1. The van der Waals surface area contributed by atoms with Gasteiger partial charge in [-0.2, -0.15) is 0 Å². The summed E-state index contributed by atoms with van der Waals surface area (Å²) in [6.07, 6.45) is 1.02. The van der Waals surface area contributed by atoms with Gasteiger partial charge in [0.2, 0.25) is 5.91 Å². The highest BCUT2D eigenvalue weighted by Crippen LogP contribution is 2.09. The molecule has 0 unspecified atom stereocenters. The van der Waals surface area contributed by atoms with Crippen LogP contribution in [-0.2, 0) is 11.3 Å². The summed E-state index contributed by atoms with van der Waals surface area (Å²) >= 11 is 0. The molecule has 0 saturated heterocycles. The first-order chi connectivity index (χ1) is 9.51. The monoisotopic (exact) mass is 277 g/mol. The second-order valence-electron chi connectivity index (χ2n) is 5.58. The van der Waals surface area contributed by atoms with Crippen LogP contribution in [0.2, 0.25) is 0 Å². The Bertz CT molecular complexity index is 418. The average molecular weight is 277 g/mol. The van der Waals surface area contributed by atoms with Gasteiger partial charge in [0, 0.05) is 18.8 Å². The first kappa shape index (κ1) is 16.5. The summed E-state index contributed by atoms with van der Waals surface area (Å²) in [5.74, 6) is 0.710. The third-order valence-electron chi connectivity index (χ3n) is 3.22. The van der Waals surface area contributed by atoms with Crippen LogP contribution in [0.4, 0.5) is 5.69 Å². The molecule has 0 radical (unpaired) electrons. The van der Waals surface area contributed by atoms with Gasteiger partial charge in [-0.05, 0) is 36.6 Å². The minimum atomic E-state index is 0.0939. The number of benzene rings is 1. The number of carbonyl (C=O) groups excluding carboxylic acids is 1. The third kappa shape index (κ3) is 6.57. The topological polar surface area (TPSA) is 58.4 Å². The quantitative estimate of drug-likeness (QED) is 0.717. The summed E-state index contributed by atoms with van der Waals surface area (Å²) in [4.78, 5) is 14.0. The zero-order chi connectivity index (χ0) is 15.0. The molecule has 0 aromatic heterocycles. The second kappa shape index (κ2) is 8.59. The lowest BCUT2D eigenvalue weighted by molar-refractivity contribution is -0.122. The molecular formula is C16H27N3O. The first-order valence-electron chi connectivity index (χ1n) is 7.34. The molecule has 0 spiro atoms. The summed E-state index contributed by atoms with van der Waals surface area (Å²) in [6, 6.07) is 7.81. The molecule has 0 aliphatic carbocycles. The van der Waals surface area contributed by atoms with Crippen molar-refractivity contribution >= 4 is 11.6 Å². The Labute approximate surface area is 122 Å². The van der Waals surface area contributed by atoms with Gasteiger partial charge in [-0.3, -0.25) is 9.69 Å². The fourth-order valence-electron chi connectivity index (χ4n) is 1.99. The molecule has 0 atom stereocenters. The normalized spacial score (nSPS) is 11.1. The van der Waals surface area contributed by atoms with E-state index in [1.54, 1.807) is 0 Å².